The molecule has 0 aromatic carbocycles. The molecule has 2 fully saturated rings. The summed E-state index contributed by atoms with van der Waals surface area (Å²) in [5.74, 6) is 0.323. The molecule has 1 N–H and O–H groups in total. The van der Waals surface area contributed by atoms with Crippen molar-refractivity contribution in [3.8, 4) is 0 Å². The Bertz CT molecular complexity index is 586. The lowest BCUT2D eigenvalue weighted by molar-refractivity contribution is -0.125. The summed E-state index contributed by atoms with van der Waals surface area (Å²) in [5, 5.41) is 7.31. The summed E-state index contributed by atoms with van der Waals surface area (Å²) < 4.78 is 1.50. The van der Waals surface area contributed by atoms with Gasteiger partial charge in [-0.05, 0) is 32.1 Å². The van der Waals surface area contributed by atoms with Crippen molar-refractivity contribution < 1.29 is 4.79 Å². The van der Waals surface area contributed by atoms with Crippen LogP contribution in [0.4, 0.5) is 5.69 Å². The van der Waals surface area contributed by atoms with Crippen LogP contribution < -0.4 is 15.8 Å². The first-order valence-electron chi connectivity index (χ1n) is 8.30. The monoisotopic (exact) mass is 304 g/mol. The van der Waals surface area contributed by atoms with Crippen LogP contribution in [-0.4, -0.2) is 34.8 Å². The fourth-order valence-corrected chi connectivity index (χ4v) is 2.92. The van der Waals surface area contributed by atoms with Crippen molar-refractivity contribution in [3.05, 3.63) is 22.6 Å². The van der Waals surface area contributed by atoms with Gasteiger partial charge in [0.25, 0.3) is 5.56 Å². The molecular weight excluding hydrogens is 280 g/mol. The number of carbonyl (C=O) groups excluding carboxylic acids is 1. The first-order valence-corrected chi connectivity index (χ1v) is 8.30. The van der Waals surface area contributed by atoms with Gasteiger partial charge in [-0.3, -0.25) is 9.59 Å². The number of rotatable bonds is 5. The van der Waals surface area contributed by atoms with Crippen LogP contribution in [0.1, 0.15) is 39.0 Å². The highest BCUT2D eigenvalue weighted by Gasteiger charge is 2.30. The van der Waals surface area contributed by atoms with Gasteiger partial charge in [0.05, 0.1) is 11.9 Å². The molecular formula is C16H24N4O2. The van der Waals surface area contributed by atoms with Crippen LogP contribution in [-0.2, 0) is 11.3 Å². The molecule has 6 heteroatoms. The van der Waals surface area contributed by atoms with Gasteiger partial charge in [0, 0.05) is 37.7 Å². The maximum Gasteiger partial charge on any atom is 0.268 e. The first-order chi connectivity index (χ1) is 10.7. The minimum absolute atomic E-state index is 0.0482. The Hall–Kier alpha value is -1.85. The lowest BCUT2D eigenvalue weighted by Gasteiger charge is -2.32. The van der Waals surface area contributed by atoms with E-state index in [-0.39, 0.29) is 17.4 Å². The normalized spacial score (nSPS) is 19.2. The van der Waals surface area contributed by atoms with Gasteiger partial charge in [0.2, 0.25) is 5.91 Å². The third-order valence-corrected chi connectivity index (χ3v) is 4.45. The van der Waals surface area contributed by atoms with Gasteiger partial charge in [-0.2, -0.15) is 5.10 Å². The zero-order valence-corrected chi connectivity index (χ0v) is 13.1. The Morgan fingerprint density at radius 2 is 2.05 bits per heavy atom. The zero-order chi connectivity index (χ0) is 15.5. The first kappa shape index (κ1) is 15.1. The quantitative estimate of drug-likeness (QED) is 0.886. The van der Waals surface area contributed by atoms with E-state index >= 15 is 0 Å². The lowest BCUT2D eigenvalue weighted by atomic mass is 9.95. The topological polar surface area (TPSA) is 67.2 Å². The zero-order valence-electron chi connectivity index (χ0n) is 13.1. The van der Waals surface area contributed by atoms with Crippen LogP contribution >= 0.6 is 0 Å². The third kappa shape index (κ3) is 3.48. The van der Waals surface area contributed by atoms with Gasteiger partial charge in [-0.15, -0.1) is 0 Å². The average Bonchev–Trinajstić information content (AvgIpc) is 3.33. The highest BCUT2D eigenvalue weighted by atomic mass is 16.2. The van der Waals surface area contributed by atoms with Gasteiger partial charge in [-0.1, -0.05) is 6.92 Å². The van der Waals surface area contributed by atoms with Crippen molar-refractivity contribution in [3.63, 3.8) is 0 Å². The van der Waals surface area contributed by atoms with Crippen LogP contribution in [0.25, 0.3) is 0 Å². The third-order valence-electron chi connectivity index (χ3n) is 4.45. The molecule has 1 saturated carbocycles. The Morgan fingerprint density at radius 3 is 2.64 bits per heavy atom. The molecule has 3 rings (SSSR count). The minimum Gasteiger partial charge on any atom is -0.370 e. The number of hydrogen-bond acceptors (Lipinski definition) is 4. The van der Waals surface area contributed by atoms with E-state index in [1.54, 1.807) is 12.3 Å². The second kappa shape index (κ2) is 6.50. The van der Waals surface area contributed by atoms with E-state index in [1.807, 2.05) is 6.92 Å². The minimum atomic E-state index is -0.0482. The summed E-state index contributed by atoms with van der Waals surface area (Å²) in [6.07, 6.45) is 6.61. The van der Waals surface area contributed by atoms with Crippen LogP contribution in [0.15, 0.2) is 17.1 Å². The Labute approximate surface area is 130 Å². The van der Waals surface area contributed by atoms with Crippen LogP contribution in [0.5, 0.6) is 0 Å². The molecule has 1 aromatic rings. The number of piperidine rings is 1. The fraction of sp³-hybridized carbons (Fsp3) is 0.688. The van der Waals surface area contributed by atoms with E-state index in [9.17, 15) is 9.59 Å². The molecule has 1 aromatic heterocycles. The molecule has 2 aliphatic rings. The number of carbonyl (C=O) groups is 1. The molecule has 1 amide bonds. The number of hydrogen-bond donors (Lipinski definition) is 1. The Kier molecular flexibility index (Phi) is 4.45. The largest absolute Gasteiger partial charge is 0.370 e. The average molecular weight is 304 g/mol. The van der Waals surface area contributed by atoms with E-state index in [1.165, 1.54) is 4.68 Å². The molecule has 0 unspecified atom stereocenters. The maximum atomic E-state index is 12.1. The number of amides is 1. The Morgan fingerprint density at radius 1 is 1.32 bits per heavy atom. The van der Waals surface area contributed by atoms with Gasteiger partial charge >= 0.3 is 0 Å². The molecule has 1 aliphatic carbocycles. The van der Waals surface area contributed by atoms with E-state index in [0.717, 1.165) is 50.9 Å². The van der Waals surface area contributed by atoms with Crippen molar-refractivity contribution >= 4 is 11.6 Å². The van der Waals surface area contributed by atoms with Crippen molar-refractivity contribution in [2.45, 2.75) is 51.6 Å². The van der Waals surface area contributed by atoms with Crippen LogP contribution in [0, 0.1) is 5.92 Å². The van der Waals surface area contributed by atoms with Crippen molar-refractivity contribution in [2.24, 2.45) is 5.92 Å². The smallest absolute Gasteiger partial charge is 0.268 e. The van der Waals surface area contributed by atoms with Crippen LogP contribution in [0.2, 0.25) is 0 Å². The molecule has 0 radical (unpaired) electrons. The highest BCUT2D eigenvalue weighted by Crippen LogP contribution is 2.24. The molecule has 2 heterocycles. The molecule has 1 aliphatic heterocycles. The summed E-state index contributed by atoms with van der Waals surface area (Å²) in [6.45, 7) is 4.30. The Balaban J connectivity index is 1.57. The summed E-state index contributed by atoms with van der Waals surface area (Å²) in [4.78, 5) is 26.2. The number of nitrogens with zero attached hydrogens (tertiary/aromatic N) is 3. The van der Waals surface area contributed by atoms with Gasteiger partial charge in [0.15, 0.2) is 0 Å². The van der Waals surface area contributed by atoms with Crippen molar-refractivity contribution in [2.75, 3.05) is 18.0 Å². The molecule has 6 nitrogen and oxygen atoms in total. The lowest BCUT2D eigenvalue weighted by Crippen LogP contribution is -2.41. The summed E-state index contributed by atoms with van der Waals surface area (Å²) >= 11 is 0. The standard InChI is InChI=1S/C16H24N4O2/c1-2-7-20-15(21)10-14(11-17-20)19-8-5-12(6-9-19)16(22)18-13-3-4-13/h10-13H,2-9H2,1H3,(H,18,22). The number of aryl methyl sites for hydroxylation is 1. The van der Waals surface area contributed by atoms with Gasteiger partial charge < -0.3 is 10.2 Å². The number of aromatic nitrogens is 2. The summed E-state index contributed by atoms with van der Waals surface area (Å²) in [6, 6.07) is 2.09. The number of anilines is 1. The molecule has 0 bridgehead atoms. The molecule has 0 spiro atoms. The van der Waals surface area contributed by atoms with Crippen molar-refractivity contribution in [1.29, 1.82) is 0 Å². The van der Waals surface area contributed by atoms with E-state index in [4.69, 9.17) is 0 Å². The van der Waals surface area contributed by atoms with E-state index < -0.39 is 0 Å². The SMILES string of the molecule is CCCn1ncc(N2CCC(C(=O)NC3CC3)CC2)cc1=O. The summed E-state index contributed by atoms with van der Waals surface area (Å²) in [5.41, 5.74) is 0.825. The molecule has 22 heavy (non-hydrogen) atoms. The highest BCUT2D eigenvalue weighted by molar-refractivity contribution is 5.79. The number of nitrogens with one attached hydrogen (secondary N) is 1. The second-order valence-corrected chi connectivity index (χ2v) is 6.32. The van der Waals surface area contributed by atoms with E-state index in [0.29, 0.717) is 12.6 Å². The van der Waals surface area contributed by atoms with Gasteiger partial charge in [0.1, 0.15) is 0 Å². The second-order valence-electron chi connectivity index (χ2n) is 6.32. The predicted octanol–water partition coefficient (Wildman–Crippen LogP) is 1.15. The predicted molar refractivity (Wildman–Crippen MR) is 84.9 cm³/mol. The summed E-state index contributed by atoms with van der Waals surface area (Å²) in [7, 11) is 0. The fourth-order valence-electron chi connectivity index (χ4n) is 2.92. The molecule has 0 atom stereocenters. The van der Waals surface area contributed by atoms with Crippen molar-refractivity contribution in [1.82, 2.24) is 15.1 Å². The molecule has 120 valence electrons. The van der Waals surface area contributed by atoms with E-state index in [2.05, 4.69) is 15.3 Å². The van der Waals surface area contributed by atoms with Crippen LogP contribution in [0.3, 0.4) is 0 Å². The van der Waals surface area contributed by atoms with Gasteiger partial charge in [-0.25, -0.2) is 4.68 Å². The molecule has 1 saturated heterocycles. The maximum absolute atomic E-state index is 12.1.